The number of oxazole rings is 1. The Morgan fingerprint density at radius 1 is 1.11 bits per heavy atom. The fourth-order valence-corrected chi connectivity index (χ4v) is 4.03. The van der Waals surface area contributed by atoms with Gasteiger partial charge in [-0.15, -0.1) is 0 Å². The number of nitrogens with two attached hydrogens (primary N) is 2. The summed E-state index contributed by atoms with van der Waals surface area (Å²) < 4.78 is 11.2. The maximum atomic E-state index is 8.81. The highest BCUT2D eigenvalue weighted by molar-refractivity contribution is 6.17. The molecule has 5 aromatic rings. The molecule has 0 amide bonds. The number of hydrogen-bond donors (Lipinski definition) is 4. The fraction of sp³-hybridized carbons (Fsp3) is 0.160. The Morgan fingerprint density at radius 2 is 1.97 bits per heavy atom. The standard InChI is InChI=1S/C25H24N8O2/c1-3-34-24-19-13(2)5-4-6-14(19)9-16(32-24)11-29-23-20(22(27)30-12-31-23)21(26)15-7-8-18-17(10-15)33-25(28)35-18/h4-10,12,26H,3,11H2,1-2H3,(H2,28,33)(H3,27,29,30,31). The van der Waals surface area contributed by atoms with E-state index in [-0.39, 0.29) is 17.5 Å². The molecule has 0 unspecified atom stereocenters. The van der Waals surface area contributed by atoms with Crippen molar-refractivity contribution in [2.45, 2.75) is 20.4 Å². The van der Waals surface area contributed by atoms with Gasteiger partial charge in [-0.3, -0.25) is 5.41 Å². The van der Waals surface area contributed by atoms with Crippen LogP contribution in [0.2, 0.25) is 0 Å². The summed E-state index contributed by atoms with van der Waals surface area (Å²) >= 11 is 0. The van der Waals surface area contributed by atoms with Gasteiger partial charge in [0, 0.05) is 10.9 Å². The predicted octanol–water partition coefficient (Wildman–Crippen LogP) is 4.07. The van der Waals surface area contributed by atoms with E-state index >= 15 is 0 Å². The van der Waals surface area contributed by atoms with Gasteiger partial charge in [-0.05, 0) is 49.1 Å². The number of rotatable bonds is 7. The summed E-state index contributed by atoms with van der Waals surface area (Å²) in [6.45, 7) is 4.83. The molecule has 2 aromatic carbocycles. The largest absolute Gasteiger partial charge is 0.478 e. The summed E-state index contributed by atoms with van der Waals surface area (Å²) in [5, 5.41) is 14.1. The highest BCUT2D eigenvalue weighted by Gasteiger charge is 2.18. The first-order valence-electron chi connectivity index (χ1n) is 11.1. The van der Waals surface area contributed by atoms with E-state index in [2.05, 4.69) is 20.3 Å². The van der Waals surface area contributed by atoms with Crippen molar-refractivity contribution in [3.8, 4) is 5.88 Å². The molecule has 35 heavy (non-hydrogen) atoms. The van der Waals surface area contributed by atoms with E-state index in [1.165, 1.54) is 6.33 Å². The first-order chi connectivity index (χ1) is 16.9. The molecular formula is C25H24N8O2. The smallest absolute Gasteiger partial charge is 0.292 e. The number of ether oxygens (including phenoxy) is 1. The maximum absolute atomic E-state index is 8.81. The van der Waals surface area contributed by atoms with Crippen LogP contribution in [0.5, 0.6) is 5.88 Å². The van der Waals surface area contributed by atoms with E-state index in [1.54, 1.807) is 18.2 Å². The first kappa shape index (κ1) is 22.1. The molecule has 0 bridgehead atoms. The average molecular weight is 469 g/mol. The number of nitrogens with zero attached hydrogens (tertiary/aromatic N) is 4. The number of hydrogen-bond acceptors (Lipinski definition) is 10. The van der Waals surface area contributed by atoms with Crippen molar-refractivity contribution in [2.75, 3.05) is 23.4 Å². The molecule has 5 rings (SSSR count). The van der Waals surface area contributed by atoms with E-state index in [0.29, 0.717) is 47.1 Å². The highest BCUT2D eigenvalue weighted by Crippen LogP contribution is 2.29. The predicted molar refractivity (Wildman–Crippen MR) is 136 cm³/mol. The molecule has 0 radical (unpaired) electrons. The van der Waals surface area contributed by atoms with Crippen LogP contribution in [0.15, 0.2) is 53.2 Å². The van der Waals surface area contributed by atoms with Gasteiger partial charge in [0.1, 0.15) is 23.5 Å². The molecule has 176 valence electrons. The Kier molecular flexibility index (Phi) is 5.61. The zero-order chi connectivity index (χ0) is 24.5. The molecular weight excluding hydrogens is 444 g/mol. The SMILES string of the molecule is CCOc1nc(CNc2ncnc(N)c2C(=N)c2ccc3oc(N)nc3c2)cc2cccc(C)c12. The van der Waals surface area contributed by atoms with E-state index in [9.17, 15) is 0 Å². The molecule has 3 aromatic heterocycles. The van der Waals surface area contributed by atoms with Crippen molar-refractivity contribution in [3.63, 3.8) is 0 Å². The molecule has 0 aliphatic rings. The van der Waals surface area contributed by atoms with Crippen LogP contribution >= 0.6 is 0 Å². The Bertz CT molecular complexity index is 1580. The third kappa shape index (κ3) is 4.17. The molecule has 3 heterocycles. The summed E-state index contributed by atoms with van der Waals surface area (Å²) in [4.78, 5) is 17.3. The third-order valence-electron chi connectivity index (χ3n) is 5.62. The van der Waals surface area contributed by atoms with Crippen LogP contribution in [0.1, 0.15) is 29.3 Å². The molecule has 0 fully saturated rings. The molecule has 0 saturated heterocycles. The summed E-state index contributed by atoms with van der Waals surface area (Å²) in [6.07, 6.45) is 1.36. The number of aryl methyl sites for hydroxylation is 1. The summed E-state index contributed by atoms with van der Waals surface area (Å²) in [5.41, 5.74) is 15.9. The van der Waals surface area contributed by atoms with E-state index in [4.69, 9.17) is 31.0 Å². The second kappa shape index (κ2) is 8.90. The van der Waals surface area contributed by atoms with Gasteiger partial charge in [-0.1, -0.05) is 18.2 Å². The normalized spacial score (nSPS) is 11.1. The van der Waals surface area contributed by atoms with Gasteiger partial charge in [0.05, 0.1) is 30.1 Å². The summed E-state index contributed by atoms with van der Waals surface area (Å²) in [5.74, 6) is 1.20. The van der Waals surface area contributed by atoms with Crippen LogP contribution < -0.4 is 21.5 Å². The number of nitrogen functional groups attached to an aromatic ring is 2. The molecule has 0 saturated carbocycles. The lowest BCUT2D eigenvalue weighted by atomic mass is 10.0. The second-order valence-corrected chi connectivity index (χ2v) is 7.97. The Morgan fingerprint density at radius 3 is 2.80 bits per heavy atom. The van der Waals surface area contributed by atoms with Crippen LogP contribution in [0.4, 0.5) is 17.7 Å². The van der Waals surface area contributed by atoms with Gasteiger partial charge in [0.15, 0.2) is 5.58 Å². The minimum atomic E-state index is 0.0677. The summed E-state index contributed by atoms with van der Waals surface area (Å²) in [6, 6.07) is 13.3. The van der Waals surface area contributed by atoms with Crippen molar-refractivity contribution in [1.82, 2.24) is 19.9 Å². The van der Waals surface area contributed by atoms with Gasteiger partial charge in [0.2, 0.25) is 5.88 Å². The molecule has 0 spiro atoms. The number of benzene rings is 2. The van der Waals surface area contributed by atoms with E-state index in [0.717, 1.165) is 22.0 Å². The minimum absolute atomic E-state index is 0.0677. The number of nitrogens with one attached hydrogen (secondary N) is 2. The van der Waals surface area contributed by atoms with Crippen LogP contribution in [0.3, 0.4) is 0 Å². The van der Waals surface area contributed by atoms with Crippen molar-refractivity contribution < 1.29 is 9.15 Å². The number of aromatic nitrogens is 4. The van der Waals surface area contributed by atoms with Crippen LogP contribution in [0.25, 0.3) is 21.9 Å². The third-order valence-corrected chi connectivity index (χ3v) is 5.62. The fourth-order valence-electron chi connectivity index (χ4n) is 4.03. The lowest BCUT2D eigenvalue weighted by Crippen LogP contribution is -2.14. The number of pyridine rings is 1. The van der Waals surface area contributed by atoms with Crippen molar-refractivity contribution in [3.05, 3.63) is 71.2 Å². The second-order valence-electron chi connectivity index (χ2n) is 7.97. The Labute approximate surface area is 200 Å². The van der Waals surface area contributed by atoms with E-state index < -0.39 is 0 Å². The monoisotopic (exact) mass is 468 g/mol. The van der Waals surface area contributed by atoms with Crippen LogP contribution in [-0.2, 0) is 6.54 Å². The summed E-state index contributed by atoms with van der Waals surface area (Å²) in [7, 11) is 0. The quantitative estimate of drug-likeness (QED) is 0.258. The Hall–Kier alpha value is -4.73. The van der Waals surface area contributed by atoms with Crippen molar-refractivity contribution in [2.24, 2.45) is 0 Å². The first-order valence-corrected chi connectivity index (χ1v) is 11.1. The zero-order valence-corrected chi connectivity index (χ0v) is 19.3. The van der Waals surface area contributed by atoms with Gasteiger partial charge in [-0.25, -0.2) is 15.0 Å². The lowest BCUT2D eigenvalue weighted by molar-refractivity contribution is 0.330. The maximum Gasteiger partial charge on any atom is 0.292 e. The molecule has 0 atom stereocenters. The highest BCUT2D eigenvalue weighted by atomic mass is 16.5. The van der Waals surface area contributed by atoms with Crippen molar-refractivity contribution >= 4 is 45.2 Å². The van der Waals surface area contributed by atoms with Crippen LogP contribution in [-0.4, -0.2) is 32.3 Å². The molecule has 0 aliphatic heterocycles. The van der Waals surface area contributed by atoms with Gasteiger partial charge in [0.25, 0.3) is 6.01 Å². The molecule has 0 aliphatic carbocycles. The Balaban J connectivity index is 1.47. The topological polar surface area (TPSA) is 162 Å². The molecule has 6 N–H and O–H groups in total. The van der Waals surface area contributed by atoms with Gasteiger partial charge < -0.3 is 25.9 Å². The van der Waals surface area contributed by atoms with Gasteiger partial charge in [-0.2, -0.15) is 4.98 Å². The van der Waals surface area contributed by atoms with Crippen LogP contribution in [0, 0.1) is 12.3 Å². The number of anilines is 3. The van der Waals surface area contributed by atoms with Crippen molar-refractivity contribution in [1.29, 1.82) is 5.41 Å². The average Bonchev–Trinajstić information content (AvgIpc) is 3.21. The number of fused-ring (bicyclic) bond motifs is 2. The van der Waals surface area contributed by atoms with Gasteiger partial charge >= 0.3 is 0 Å². The van der Waals surface area contributed by atoms with E-state index in [1.807, 2.05) is 38.1 Å². The zero-order valence-electron chi connectivity index (χ0n) is 19.3. The lowest BCUT2D eigenvalue weighted by Gasteiger charge is -2.15. The molecule has 10 nitrogen and oxygen atoms in total. The minimum Gasteiger partial charge on any atom is -0.478 e. The molecule has 10 heteroatoms.